The minimum absolute atomic E-state index is 0.113. The molecule has 1 heterocycles. The van der Waals surface area contributed by atoms with Gasteiger partial charge in [-0.15, -0.1) is 0 Å². The van der Waals surface area contributed by atoms with Gasteiger partial charge in [0, 0.05) is 11.9 Å². The van der Waals surface area contributed by atoms with E-state index in [0.717, 1.165) is 17.8 Å². The molecule has 0 aliphatic heterocycles. The van der Waals surface area contributed by atoms with Crippen LogP contribution in [0.3, 0.4) is 0 Å². The van der Waals surface area contributed by atoms with Gasteiger partial charge in [0.1, 0.15) is 5.75 Å². The molecule has 1 aromatic heterocycles. The van der Waals surface area contributed by atoms with Crippen molar-refractivity contribution in [1.82, 2.24) is 4.98 Å². The van der Waals surface area contributed by atoms with Crippen LogP contribution in [0.5, 0.6) is 5.75 Å². The molecule has 2 aromatic rings. The van der Waals surface area contributed by atoms with Gasteiger partial charge in [0.15, 0.2) is 0 Å². The number of aromatic nitrogens is 1. The number of anilines is 1. The number of thioether (sulfide) groups is 1. The zero-order valence-electron chi connectivity index (χ0n) is 13.6. The minimum Gasteiger partial charge on any atom is -0.433 e. The van der Waals surface area contributed by atoms with Crippen LogP contribution in [-0.2, 0) is 11.0 Å². The molecule has 0 aliphatic rings. The zero-order chi connectivity index (χ0) is 20.2. The first kappa shape index (κ1) is 21.2. The molecule has 4 nitrogen and oxygen atoms in total. The third-order valence-electron chi connectivity index (χ3n) is 3.15. The monoisotopic (exact) mass is 426 g/mol. The molecule has 0 aliphatic carbocycles. The number of ether oxygens (including phenoxy) is 1. The Labute approximate surface area is 160 Å². The van der Waals surface area contributed by atoms with Gasteiger partial charge in [-0.1, -0.05) is 23.4 Å². The Kier molecular flexibility index (Phi) is 6.88. The van der Waals surface area contributed by atoms with Crippen LogP contribution in [0.15, 0.2) is 41.6 Å². The van der Waals surface area contributed by atoms with Crippen molar-refractivity contribution in [3.8, 4) is 5.75 Å². The zero-order valence-corrected chi connectivity index (χ0v) is 15.1. The number of carbonyl (C=O) groups is 1. The quantitative estimate of drug-likeness (QED) is 0.491. The molecule has 27 heavy (non-hydrogen) atoms. The number of benzene rings is 1. The first-order chi connectivity index (χ1) is 12.6. The lowest BCUT2D eigenvalue weighted by atomic mass is 10.3. The van der Waals surface area contributed by atoms with Crippen molar-refractivity contribution in [3.05, 3.63) is 47.1 Å². The molecule has 0 fully saturated rings. The van der Waals surface area contributed by atoms with E-state index in [1.54, 1.807) is 0 Å². The Hall–Kier alpha value is -2.07. The Bertz CT molecular complexity index is 802. The molecule has 1 N–H and O–H groups in total. The third kappa shape index (κ3) is 6.24. The number of amides is 1. The van der Waals surface area contributed by atoms with Crippen molar-refractivity contribution in [2.24, 2.45) is 0 Å². The Morgan fingerprint density at radius 3 is 2.48 bits per heavy atom. The second kappa shape index (κ2) is 8.75. The van der Waals surface area contributed by atoms with Gasteiger partial charge in [0.05, 0.1) is 20.9 Å². The van der Waals surface area contributed by atoms with E-state index in [0.29, 0.717) is 6.20 Å². The Morgan fingerprint density at radius 2 is 1.96 bits per heavy atom. The van der Waals surface area contributed by atoms with E-state index in [2.05, 4.69) is 15.0 Å². The fourth-order valence-electron chi connectivity index (χ4n) is 1.87. The van der Waals surface area contributed by atoms with Crippen LogP contribution in [-0.4, -0.2) is 22.8 Å². The molecule has 0 radical (unpaired) electrons. The van der Waals surface area contributed by atoms with Crippen LogP contribution >= 0.6 is 23.4 Å². The maximum absolute atomic E-state index is 12.5. The molecular formula is C16H12ClF5N2O2S. The van der Waals surface area contributed by atoms with Gasteiger partial charge in [-0.25, -0.2) is 4.98 Å². The molecule has 146 valence electrons. The maximum Gasteiger partial charge on any atom is 0.417 e. The van der Waals surface area contributed by atoms with Gasteiger partial charge in [0.25, 0.3) is 0 Å². The van der Waals surface area contributed by atoms with Crippen LogP contribution < -0.4 is 10.1 Å². The van der Waals surface area contributed by atoms with E-state index in [1.165, 1.54) is 31.2 Å². The van der Waals surface area contributed by atoms with E-state index in [1.807, 2.05) is 0 Å². The van der Waals surface area contributed by atoms with Crippen molar-refractivity contribution in [2.75, 3.05) is 5.32 Å². The molecule has 0 saturated carbocycles. The van der Waals surface area contributed by atoms with Gasteiger partial charge in [-0.05, 0) is 37.3 Å². The van der Waals surface area contributed by atoms with Crippen molar-refractivity contribution in [3.63, 3.8) is 0 Å². The number of nitrogens with one attached hydrogen (secondary N) is 1. The number of hydrogen-bond acceptors (Lipinski definition) is 4. The van der Waals surface area contributed by atoms with Crippen molar-refractivity contribution in [1.29, 1.82) is 0 Å². The number of nitrogens with zero attached hydrogens (tertiary/aromatic N) is 1. The molecule has 0 bridgehead atoms. The molecule has 11 heteroatoms. The SMILES string of the molecule is CC(Sc1ccc(C(F)(F)F)cn1)C(=O)Nc1ccc(OC(F)F)c(Cl)c1. The standard InChI is InChI=1S/C16H12ClF5N2O2S/c1-8(27-13-5-2-9(7-23-13)16(20,21)22)14(25)24-10-3-4-12(11(17)6-10)26-15(18)19/h2-8,15H,1H3,(H,24,25). The number of hydrogen-bond donors (Lipinski definition) is 1. The molecular weight excluding hydrogens is 415 g/mol. The Balaban J connectivity index is 1.98. The maximum atomic E-state index is 12.5. The van der Waals surface area contributed by atoms with E-state index < -0.39 is 29.5 Å². The molecule has 1 amide bonds. The predicted octanol–water partition coefficient (Wildman–Crippen LogP) is 5.47. The first-order valence-corrected chi connectivity index (χ1v) is 8.57. The summed E-state index contributed by atoms with van der Waals surface area (Å²) < 4.78 is 66.1. The summed E-state index contributed by atoms with van der Waals surface area (Å²) in [5.41, 5.74) is -0.635. The summed E-state index contributed by atoms with van der Waals surface area (Å²) in [6, 6.07) is 5.80. The molecule has 0 spiro atoms. The van der Waals surface area contributed by atoms with Gasteiger partial charge in [-0.2, -0.15) is 22.0 Å². The average molecular weight is 427 g/mol. The first-order valence-electron chi connectivity index (χ1n) is 7.31. The summed E-state index contributed by atoms with van der Waals surface area (Å²) in [7, 11) is 0. The van der Waals surface area contributed by atoms with Crippen LogP contribution in [0.1, 0.15) is 12.5 Å². The topological polar surface area (TPSA) is 51.2 Å². The Morgan fingerprint density at radius 1 is 1.26 bits per heavy atom. The summed E-state index contributed by atoms with van der Waals surface area (Å²) in [5.74, 6) is -0.707. The van der Waals surface area contributed by atoms with Crippen LogP contribution in [0.4, 0.5) is 27.6 Å². The fourth-order valence-corrected chi connectivity index (χ4v) is 2.88. The number of alkyl halides is 5. The van der Waals surface area contributed by atoms with E-state index in [-0.39, 0.29) is 21.5 Å². The van der Waals surface area contributed by atoms with Gasteiger partial charge in [-0.3, -0.25) is 4.79 Å². The van der Waals surface area contributed by atoms with Gasteiger partial charge in [0.2, 0.25) is 5.91 Å². The number of pyridine rings is 1. The fraction of sp³-hybridized carbons (Fsp3) is 0.250. The largest absolute Gasteiger partial charge is 0.433 e. The lowest BCUT2D eigenvalue weighted by molar-refractivity contribution is -0.137. The molecule has 1 aromatic carbocycles. The molecule has 2 rings (SSSR count). The summed E-state index contributed by atoms with van der Waals surface area (Å²) in [4.78, 5) is 15.9. The van der Waals surface area contributed by atoms with Crippen molar-refractivity contribution < 1.29 is 31.5 Å². The van der Waals surface area contributed by atoms with Crippen LogP contribution in [0, 0.1) is 0 Å². The normalized spacial score (nSPS) is 12.7. The minimum atomic E-state index is -4.49. The molecule has 0 saturated heterocycles. The van der Waals surface area contributed by atoms with Crippen LogP contribution in [0.25, 0.3) is 0 Å². The van der Waals surface area contributed by atoms with Crippen molar-refractivity contribution in [2.45, 2.75) is 30.0 Å². The number of halogens is 6. The van der Waals surface area contributed by atoms with Gasteiger partial charge < -0.3 is 10.1 Å². The molecule has 1 atom stereocenters. The highest BCUT2D eigenvalue weighted by atomic mass is 35.5. The van der Waals surface area contributed by atoms with Crippen LogP contribution in [0.2, 0.25) is 5.02 Å². The van der Waals surface area contributed by atoms with E-state index in [9.17, 15) is 26.7 Å². The third-order valence-corrected chi connectivity index (χ3v) is 4.49. The van der Waals surface area contributed by atoms with Gasteiger partial charge >= 0.3 is 12.8 Å². The summed E-state index contributed by atoms with van der Waals surface area (Å²) in [5, 5.41) is 1.96. The second-order valence-corrected chi connectivity index (χ2v) is 6.92. The molecule has 1 unspecified atom stereocenters. The lowest BCUT2D eigenvalue weighted by Crippen LogP contribution is -2.22. The predicted molar refractivity (Wildman–Crippen MR) is 91.3 cm³/mol. The van der Waals surface area contributed by atoms with Crippen molar-refractivity contribution >= 4 is 35.0 Å². The summed E-state index contributed by atoms with van der Waals surface area (Å²) in [6.07, 6.45) is -3.80. The smallest absolute Gasteiger partial charge is 0.417 e. The lowest BCUT2D eigenvalue weighted by Gasteiger charge is -2.13. The summed E-state index contributed by atoms with van der Waals surface area (Å²) >= 11 is 6.76. The second-order valence-electron chi connectivity index (χ2n) is 5.16. The highest BCUT2D eigenvalue weighted by Gasteiger charge is 2.30. The highest BCUT2D eigenvalue weighted by molar-refractivity contribution is 8.00. The van der Waals surface area contributed by atoms with E-state index in [4.69, 9.17) is 11.6 Å². The average Bonchev–Trinajstić information content (AvgIpc) is 2.56. The highest BCUT2D eigenvalue weighted by Crippen LogP contribution is 2.31. The number of carbonyl (C=O) groups excluding carboxylic acids is 1. The number of rotatable bonds is 6. The van der Waals surface area contributed by atoms with E-state index >= 15 is 0 Å². The summed E-state index contributed by atoms with van der Waals surface area (Å²) in [6.45, 7) is -1.49.